The number of nitrogens with two attached hydrogens (primary N) is 1. The number of carbonyl (C=O) groups excluding carboxylic acids is 2. The molecule has 0 bridgehead atoms. The van der Waals surface area contributed by atoms with E-state index >= 15 is 0 Å². The third kappa shape index (κ3) is 6.21. The Labute approximate surface area is 124 Å². The molecule has 0 aromatic heterocycles. The third-order valence-electron chi connectivity index (χ3n) is 2.78. The van der Waals surface area contributed by atoms with E-state index in [1.807, 2.05) is 12.1 Å². The van der Waals surface area contributed by atoms with E-state index in [0.717, 1.165) is 18.4 Å². The summed E-state index contributed by atoms with van der Waals surface area (Å²) in [6, 6.07) is 7.32. The SMILES string of the molecule is CCCCC(=O)SCc1ccc(C(=O)NCCN)cc1. The summed E-state index contributed by atoms with van der Waals surface area (Å²) >= 11 is 1.34. The summed E-state index contributed by atoms with van der Waals surface area (Å²) in [6.45, 7) is 2.98. The molecular formula is C15H22N2O2S. The Morgan fingerprint density at radius 1 is 1.25 bits per heavy atom. The quantitative estimate of drug-likeness (QED) is 0.772. The molecule has 0 aliphatic carbocycles. The molecule has 0 saturated carbocycles. The van der Waals surface area contributed by atoms with Crippen molar-refractivity contribution in [1.29, 1.82) is 0 Å². The standard InChI is InChI=1S/C15H22N2O2S/c1-2-3-4-14(18)20-11-12-5-7-13(8-6-12)15(19)17-10-9-16/h5-8H,2-4,9-11,16H2,1H3,(H,17,19). The lowest BCUT2D eigenvalue weighted by atomic mass is 10.1. The lowest BCUT2D eigenvalue weighted by Crippen LogP contribution is -2.28. The topological polar surface area (TPSA) is 72.2 Å². The molecule has 0 aliphatic rings. The average molecular weight is 294 g/mol. The molecule has 1 rings (SSSR count). The second kappa shape index (κ2) is 9.55. The molecule has 0 radical (unpaired) electrons. The Hall–Kier alpha value is -1.33. The molecule has 5 heteroatoms. The lowest BCUT2D eigenvalue weighted by Gasteiger charge is -2.05. The molecule has 0 fully saturated rings. The van der Waals surface area contributed by atoms with Gasteiger partial charge >= 0.3 is 0 Å². The van der Waals surface area contributed by atoms with Crippen molar-refractivity contribution in [3.8, 4) is 0 Å². The molecule has 1 amide bonds. The van der Waals surface area contributed by atoms with Gasteiger partial charge in [0.2, 0.25) is 0 Å². The first-order valence-corrected chi connectivity index (χ1v) is 7.88. The van der Waals surface area contributed by atoms with Crippen molar-refractivity contribution < 1.29 is 9.59 Å². The van der Waals surface area contributed by atoms with E-state index in [1.54, 1.807) is 12.1 Å². The van der Waals surface area contributed by atoms with Crippen molar-refractivity contribution in [2.45, 2.75) is 31.9 Å². The summed E-state index contributed by atoms with van der Waals surface area (Å²) < 4.78 is 0. The highest BCUT2D eigenvalue weighted by Gasteiger charge is 2.06. The second-order valence-corrected chi connectivity index (χ2v) is 5.54. The molecule has 0 saturated heterocycles. The number of amides is 1. The van der Waals surface area contributed by atoms with Crippen molar-refractivity contribution in [2.75, 3.05) is 13.1 Å². The van der Waals surface area contributed by atoms with Gasteiger partial charge in [-0.25, -0.2) is 0 Å². The Bertz CT molecular complexity index is 432. The van der Waals surface area contributed by atoms with E-state index in [-0.39, 0.29) is 11.0 Å². The highest BCUT2D eigenvalue weighted by atomic mass is 32.2. The molecule has 0 aliphatic heterocycles. The predicted molar refractivity (Wildman–Crippen MR) is 83.7 cm³/mol. The molecule has 1 aromatic rings. The van der Waals surface area contributed by atoms with Crippen molar-refractivity contribution in [3.05, 3.63) is 35.4 Å². The van der Waals surface area contributed by atoms with Crippen molar-refractivity contribution in [2.24, 2.45) is 5.73 Å². The number of hydrogen-bond donors (Lipinski definition) is 2. The minimum absolute atomic E-state index is 0.117. The Morgan fingerprint density at radius 3 is 2.55 bits per heavy atom. The minimum atomic E-state index is -0.117. The Kier molecular flexibility index (Phi) is 7.99. The number of carbonyl (C=O) groups is 2. The normalized spacial score (nSPS) is 10.3. The van der Waals surface area contributed by atoms with Gasteiger partial charge in [-0.2, -0.15) is 0 Å². The maximum Gasteiger partial charge on any atom is 0.251 e. The summed E-state index contributed by atoms with van der Waals surface area (Å²) in [6.07, 6.45) is 2.63. The van der Waals surface area contributed by atoms with Gasteiger partial charge in [0, 0.05) is 30.8 Å². The molecular weight excluding hydrogens is 272 g/mol. The van der Waals surface area contributed by atoms with Crippen LogP contribution in [0.2, 0.25) is 0 Å². The molecule has 4 nitrogen and oxygen atoms in total. The van der Waals surface area contributed by atoms with Crippen LogP contribution in [0, 0.1) is 0 Å². The smallest absolute Gasteiger partial charge is 0.251 e. The van der Waals surface area contributed by atoms with Crippen LogP contribution in [0.3, 0.4) is 0 Å². The van der Waals surface area contributed by atoms with E-state index in [0.29, 0.717) is 30.8 Å². The number of rotatable bonds is 8. The van der Waals surface area contributed by atoms with Gasteiger partial charge in [0.1, 0.15) is 0 Å². The molecule has 3 N–H and O–H groups in total. The van der Waals surface area contributed by atoms with E-state index in [2.05, 4.69) is 12.2 Å². The fourth-order valence-electron chi connectivity index (χ4n) is 1.60. The van der Waals surface area contributed by atoms with Crippen LogP contribution in [-0.4, -0.2) is 24.1 Å². The fraction of sp³-hybridized carbons (Fsp3) is 0.467. The molecule has 0 heterocycles. The number of thioether (sulfide) groups is 1. The zero-order valence-electron chi connectivity index (χ0n) is 11.9. The molecule has 0 atom stereocenters. The predicted octanol–water partition coefficient (Wildman–Crippen LogP) is 2.33. The van der Waals surface area contributed by atoms with Gasteiger partial charge < -0.3 is 11.1 Å². The first-order chi connectivity index (χ1) is 9.67. The zero-order chi connectivity index (χ0) is 14.8. The second-order valence-electron chi connectivity index (χ2n) is 4.51. The van der Waals surface area contributed by atoms with Crippen LogP contribution >= 0.6 is 11.8 Å². The maximum atomic E-state index is 11.7. The van der Waals surface area contributed by atoms with Gasteiger partial charge in [0.25, 0.3) is 5.91 Å². The number of nitrogens with one attached hydrogen (secondary N) is 1. The van der Waals surface area contributed by atoms with Crippen LogP contribution < -0.4 is 11.1 Å². The Balaban J connectivity index is 2.42. The van der Waals surface area contributed by atoms with Gasteiger partial charge in [-0.15, -0.1) is 0 Å². The van der Waals surface area contributed by atoms with Gasteiger partial charge in [0.15, 0.2) is 5.12 Å². The summed E-state index contributed by atoms with van der Waals surface area (Å²) in [7, 11) is 0. The van der Waals surface area contributed by atoms with E-state index in [1.165, 1.54) is 11.8 Å². The van der Waals surface area contributed by atoms with Crippen molar-refractivity contribution in [3.63, 3.8) is 0 Å². The lowest BCUT2D eigenvalue weighted by molar-refractivity contribution is -0.111. The van der Waals surface area contributed by atoms with Crippen LogP contribution in [0.4, 0.5) is 0 Å². The highest BCUT2D eigenvalue weighted by molar-refractivity contribution is 8.12. The largest absolute Gasteiger partial charge is 0.351 e. The van der Waals surface area contributed by atoms with Gasteiger partial charge in [-0.05, 0) is 24.1 Å². The van der Waals surface area contributed by atoms with Crippen LogP contribution in [0.25, 0.3) is 0 Å². The van der Waals surface area contributed by atoms with Crippen LogP contribution in [-0.2, 0) is 10.5 Å². The first kappa shape index (κ1) is 16.7. The molecule has 110 valence electrons. The Morgan fingerprint density at radius 2 is 1.95 bits per heavy atom. The van der Waals surface area contributed by atoms with E-state index in [4.69, 9.17) is 5.73 Å². The van der Waals surface area contributed by atoms with Crippen LogP contribution in [0.1, 0.15) is 42.1 Å². The summed E-state index contributed by atoms with van der Waals surface area (Å²) in [5.41, 5.74) is 7.00. The first-order valence-electron chi connectivity index (χ1n) is 6.90. The molecule has 0 unspecified atom stereocenters. The number of hydrogen-bond acceptors (Lipinski definition) is 4. The maximum absolute atomic E-state index is 11.7. The monoisotopic (exact) mass is 294 g/mol. The fourth-order valence-corrected chi connectivity index (χ4v) is 2.41. The van der Waals surface area contributed by atoms with E-state index < -0.39 is 0 Å². The zero-order valence-corrected chi connectivity index (χ0v) is 12.7. The summed E-state index contributed by atoms with van der Waals surface area (Å²) in [5.74, 6) is 0.543. The molecule has 20 heavy (non-hydrogen) atoms. The van der Waals surface area contributed by atoms with Gasteiger partial charge in [-0.1, -0.05) is 37.2 Å². The third-order valence-corrected chi connectivity index (χ3v) is 3.78. The van der Waals surface area contributed by atoms with Gasteiger partial charge in [0.05, 0.1) is 0 Å². The number of benzene rings is 1. The van der Waals surface area contributed by atoms with Crippen LogP contribution in [0.15, 0.2) is 24.3 Å². The summed E-state index contributed by atoms with van der Waals surface area (Å²) in [5, 5.41) is 2.95. The van der Waals surface area contributed by atoms with Crippen LogP contribution in [0.5, 0.6) is 0 Å². The molecule has 0 spiro atoms. The molecule has 1 aromatic carbocycles. The average Bonchev–Trinajstić information content (AvgIpc) is 2.49. The van der Waals surface area contributed by atoms with Crippen molar-refractivity contribution in [1.82, 2.24) is 5.32 Å². The van der Waals surface area contributed by atoms with Crippen molar-refractivity contribution >= 4 is 22.8 Å². The van der Waals surface area contributed by atoms with Gasteiger partial charge in [-0.3, -0.25) is 9.59 Å². The number of unbranched alkanes of at least 4 members (excludes halogenated alkanes) is 1. The minimum Gasteiger partial charge on any atom is -0.351 e. The highest BCUT2D eigenvalue weighted by Crippen LogP contribution is 2.16. The summed E-state index contributed by atoms with van der Waals surface area (Å²) in [4.78, 5) is 23.2. The van der Waals surface area contributed by atoms with E-state index in [9.17, 15) is 9.59 Å².